The highest BCUT2D eigenvalue weighted by Crippen LogP contribution is 2.21. The summed E-state index contributed by atoms with van der Waals surface area (Å²) in [5, 5.41) is 3.37. The Bertz CT molecular complexity index is 590. The number of fused-ring (bicyclic) bond motifs is 1. The van der Waals surface area contributed by atoms with Gasteiger partial charge in [-0.1, -0.05) is 12.1 Å². The van der Waals surface area contributed by atoms with Crippen molar-refractivity contribution in [2.75, 3.05) is 13.1 Å². The molecule has 0 saturated carbocycles. The van der Waals surface area contributed by atoms with Crippen molar-refractivity contribution in [2.45, 2.75) is 18.9 Å². The van der Waals surface area contributed by atoms with Crippen LogP contribution in [0.15, 0.2) is 29.1 Å². The van der Waals surface area contributed by atoms with Crippen molar-refractivity contribution >= 4 is 11.0 Å². The molecule has 1 atom stereocenters. The molecule has 1 aliphatic rings. The number of piperidine rings is 1. The van der Waals surface area contributed by atoms with Gasteiger partial charge in [0.2, 0.25) is 0 Å². The molecule has 1 fully saturated rings. The Kier molecular flexibility index (Phi) is 2.52. The Labute approximate surface area is 99.9 Å². The lowest BCUT2D eigenvalue weighted by atomic mass is 10.1. The van der Waals surface area contributed by atoms with E-state index < -0.39 is 0 Å². The predicted octanol–water partition coefficient (Wildman–Crippen LogP) is 1.26. The largest absolute Gasteiger partial charge is 0.329 e. The molecule has 1 aliphatic heterocycles. The molecule has 0 radical (unpaired) electrons. The zero-order valence-electron chi connectivity index (χ0n) is 10.0. The Hall–Kier alpha value is -1.55. The van der Waals surface area contributed by atoms with Crippen molar-refractivity contribution in [1.29, 1.82) is 0 Å². The van der Waals surface area contributed by atoms with Crippen LogP contribution in [0.5, 0.6) is 0 Å². The lowest BCUT2D eigenvalue weighted by molar-refractivity contribution is 0.369. The third kappa shape index (κ3) is 1.60. The third-order valence-electron chi connectivity index (χ3n) is 3.63. The van der Waals surface area contributed by atoms with E-state index in [1.165, 1.54) is 0 Å². The van der Waals surface area contributed by atoms with Gasteiger partial charge in [-0.2, -0.15) is 0 Å². The van der Waals surface area contributed by atoms with Crippen molar-refractivity contribution in [3.63, 3.8) is 0 Å². The zero-order valence-corrected chi connectivity index (χ0v) is 10.0. The van der Waals surface area contributed by atoms with E-state index in [-0.39, 0.29) is 5.69 Å². The topological polar surface area (TPSA) is 39.0 Å². The third-order valence-corrected chi connectivity index (χ3v) is 3.63. The maximum atomic E-state index is 12.3. The molecule has 3 rings (SSSR count). The molecule has 0 spiro atoms. The minimum Gasteiger partial charge on any atom is -0.315 e. The van der Waals surface area contributed by atoms with Gasteiger partial charge in [-0.3, -0.25) is 9.13 Å². The van der Waals surface area contributed by atoms with Crippen LogP contribution in [0.25, 0.3) is 11.0 Å². The van der Waals surface area contributed by atoms with Gasteiger partial charge in [0.05, 0.1) is 17.1 Å². The molecule has 0 unspecified atom stereocenters. The molecule has 0 bridgehead atoms. The first-order valence-electron chi connectivity index (χ1n) is 6.15. The second kappa shape index (κ2) is 4.04. The Morgan fingerprint density at radius 1 is 1.29 bits per heavy atom. The zero-order chi connectivity index (χ0) is 11.8. The standard InChI is InChI=1S/C13H17N3O/c1-15-11-6-2-3-7-12(11)16(13(15)17)10-5-4-8-14-9-10/h2-3,6-7,10,14H,4-5,8-9H2,1H3/t10-/m1/s1. The lowest BCUT2D eigenvalue weighted by Crippen LogP contribution is -2.36. The summed E-state index contributed by atoms with van der Waals surface area (Å²) >= 11 is 0. The van der Waals surface area contributed by atoms with E-state index in [0.29, 0.717) is 6.04 Å². The van der Waals surface area contributed by atoms with Crippen molar-refractivity contribution in [2.24, 2.45) is 7.05 Å². The maximum absolute atomic E-state index is 12.3. The SMILES string of the molecule is Cn1c(=O)n([C@@H]2CCCNC2)c2ccccc21. The molecule has 4 heteroatoms. The molecular formula is C13H17N3O. The van der Waals surface area contributed by atoms with Crippen LogP contribution in [-0.2, 0) is 7.05 Å². The Balaban J connectivity index is 2.21. The lowest BCUT2D eigenvalue weighted by Gasteiger charge is -2.23. The van der Waals surface area contributed by atoms with Crippen LogP contribution in [0.1, 0.15) is 18.9 Å². The highest BCUT2D eigenvalue weighted by atomic mass is 16.1. The molecular weight excluding hydrogens is 214 g/mol. The summed E-state index contributed by atoms with van der Waals surface area (Å²) in [4.78, 5) is 12.3. The van der Waals surface area contributed by atoms with Crippen LogP contribution < -0.4 is 11.0 Å². The number of benzene rings is 1. The summed E-state index contributed by atoms with van der Waals surface area (Å²) in [5.74, 6) is 0. The number of para-hydroxylation sites is 2. The van der Waals surface area contributed by atoms with E-state index in [1.54, 1.807) is 4.57 Å². The van der Waals surface area contributed by atoms with Crippen LogP contribution in [0.2, 0.25) is 0 Å². The van der Waals surface area contributed by atoms with E-state index in [9.17, 15) is 4.79 Å². The Morgan fingerprint density at radius 3 is 2.76 bits per heavy atom. The van der Waals surface area contributed by atoms with Crippen molar-refractivity contribution in [3.05, 3.63) is 34.7 Å². The highest BCUT2D eigenvalue weighted by Gasteiger charge is 2.20. The first-order valence-corrected chi connectivity index (χ1v) is 6.15. The van der Waals surface area contributed by atoms with Gasteiger partial charge in [0, 0.05) is 13.6 Å². The quantitative estimate of drug-likeness (QED) is 0.802. The number of imidazole rings is 1. The smallest absolute Gasteiger partial charge is 0.315 e. The second-order valence-corrected chi connectivity index (χ2v) is 4.70. The molecule has 1 aromatic carbocycles. The van der Waals surface area contributed by atoms with Crippen molar-refractivity contribution in [3.8, 4) is 0 Å². The van der Waals surface area contributed by atoms with E-state index in [1.807, 2.05) is 35.9 Å². The molecule has 17 heavy (non-hydrogen) atoms. The van der Waals surface area contributed by atoms with Crippen LogP contribution >= 0.6 is 0 Å². The molecule has 90 valence electrons. The number of nitrogens with one attached hydrogen (secondary N) is 1. The molecule has 0 aliphatic carbocycles. The fourth-order valence-electron chi connectivity index (χ4n) is 2.73. The van der Waals surface area contributed by atoms with Crippen molar-refractivity contribution < 1.29 is 0 Å². The van der Waals surface area contributed by atoms with Gasteiger partial charge in [-0.15, -0.1) is 0 Å². The fourth-order valence-corrected chi connectivity index (χ4v) is 2.73. The molecule has 0 amide bonds. The summed E-state index contributed by atoms with van der Waals surface area (Å²) in [5.41, 5.74) is 2.16. The number of aromatic nitrogens is 2. The minimum atomic E-state index is 0.0971. The molecule has 1 saturated heterocycles. The number of aryl methyl sites for hydroxylation is 1. The minimum absolute atomic E-state index is 0.0971. The highest BCUT2D eigenvalue weighted by molar-refractivity contribution is 5.76. The molecule has 1 aromatic heterocycles. The normalized spacial score (nSPS) is 20.9. The average Bonchev–Trinajstić information content (AvgIpc) is 2.64. The maximum Gasteiger partial charge on any atom is 0.329 e. The van der Waals surface area contributed by atoms with Crippen molar-refractivity contribution in [1.82, 2.24) is 14.5 Å². The molecule has 1 N–H and O–H groups in total. The summed E-state index contributed by atoms with van der Waals surface area (Å²) in [6.07, 6.45) is 2.22. The number of hydrogen-bond acceptors (Lipinski definition) is 2. The summed E-state index contributed by atoms with van der Waals surface area (Å²) in [6.45, 7) is 1.96. The number of rotatable bonds is 1. The fraction of sp³-hybridized carbons (Fsp3) is 0.462. The van der Waals surface area contributed by atoms with Gasteiger partial charge in [0.1, 0.15) is 0 Å². The van der Waals surface area contributed by atoms with Gasteiger partial charge >= 0.3 is 5.69 Å². The first-order chi connectivity index (χ1) is 8.29. The van der Waals surface area contributed by atoms with Crippen LogP contribution in [0.3, 0.4) is 0 Å². The predicted molar refractivity (Wildman–Crippen MR) is 68.3 cm³/mol. The monoisotopic (exact) mass is 231 g/mol. The number of hydrogen-bond donors (Lipinski definition) is 1. The van der Waals surface area contributed by atoms with E-state index in [2.05, 4.69) is 5.32 Å². The van der Waals surface area contributed by atoms with Crippen LogP contribution in [0, 0.1) is 0 Å². The van der Waals surface area contributed by atoms with Gasteiger partial charge < -0.3 is 5.32 Å². The van der Waals surface area contributed by atoms with Gasteiger partial charge in [0.15, 0.2) is 0 Å². The summed E-state index contributed by atoms with van der Waals surface area (Å²) in [7, 11) is 1.84. The molecule has 2 heterocycles. The van der Waals surface area contributed by atoms with Gasteiger partial charge in [-0.05, 0) is 31.5 Å². The van der Waals surface area contributed by atoms with Gasteiger partial charge in [-0.25, -0.2) is 4.79 Å². The summed E-state index contributed by atoms with van der Waals surface area (Å²) in [6, 6.07) is 8.30. The first kappa shape index (κ1) is 10.6. The van der Waals surface area contributed by atoms with Gasteiger partial charge in [0.25, 0.3) is 0 Å². The molecule has 2 aromatic rings. The van der Waals surface area contributed by atoms with Crippen LogP contribution in [0.4, 0.5) is 0 Å². The second-order valence-electron chi connectivity index (χ2n) is 4.70. The average molecular weight is 231 g/mol. The van der Waals surface area contributed by atoms with E-state index in [0.717, 1.165) is 37.0 Å². The number of nitrogens with zero attached hydrogens (tertiary/aromatic N) is 2. The van der Waals surface area contributed by atoms with Crippen LogP contribution in [-0.4, -0.2) is 22.2 Å². The molecule has 4 nitrogen and oxygen atoms in total. The summed E-state index contributed by atoms with van der Waals surface area (Å²) < 4.78 is 3.69. The van der Waals surface area contributed by atoms with E-state index in [4.69, 9.17) is 0 Å². The van der Waals surface area contributed by atoms with E-state index >= 15 is 0 Å². The Morgan fingerprint density at radius 2 is 2.06 bits per heavy atom.